The van der Waals surface area contributed by atoms with Gasteiger partial charge >= 0.3 is 12.4 Å². The minimum absolute atomic E-state index is 0.0319. The molecule has 4 N–H and O–H groups in total. The van der Waals surface area contributed by atoms with E-state index in [1.165, 1.54) is 12.1 Å². The van der Waals surface area contributed by atoms with Crippen LogP contribution in [0.3, 0.4) is 0 Å². The number of sulfonamides is 1. The summed E-state index contributed by atoms with van der Waals surface area (Å²) in [7, 11) is -4.38. The Labute approximate surface area is 227 Å². The fourth-order valence-corrected chi connectivity index (χ4v) is 7.02. The molecule has 40 heavy (non-hydrogen) atoms. The molecule has 1 amide bonds. The number of aliphatic hydroxyl groups is 1. The van der Waals surface area contributed by atoms with Gasteiger partial charge in [-0.05, 0) is 56.4 Å². The van der Waals surface area contributed by atoms with Crippen molar-refractivity contribution in [1.29, 1.82) is 0 Å². The second-order valence-electron chi connectivity index (χ2n) is 10.4. The molecule has 2 aliphatic rings. The Hall–Kier alpha value is -2.84. The topological polar surface area (TPSA) is 113 Å². The molecular weight excluding hydrogens is 564 g/mol. The standard InChI is InChI=1S/C26H29F6N3O4S/c1-16-4-9-20(10-5-16)40(38,39)35-19(15-34-22(36)23(33)12-2-3-13-23)8-6-17-14-18(7-11-21(17)35)24(37,25(27,28)29)26(30,31)32/h4-5,7,9-11,14,19,37H,2-3,6,8,12-13,15,33H2,1H3,(H,34,36). The highest BCUT2D eigenvalue weighted by molar-refractivity contribution is 7.92. The highest BCUT2D eigenvalue weighted by Crippen LogP contribution is 2.51. The van der Waals surface area contributed by atoms with Crippen LogP contribution in [0.15, 0.2) is 47.4 Å². The summed E-state index contributed by atoms with van der Waals surface area (Å²) < 4.78 is 110. The van der Waals surface area contributed by atoms with E-state index in [-0.39, 0.29) is 35.5 Å². The largest absolute Gasteiger partial charge is 0.430 e. The first-order valence-corrected chi connectivity index (χ1v) is 14.0. The molecule has 1 unspecified atom stereocenters. The van der Waals surface area contributed by atoms with Crippen LogP contribution in [-0.2, 0) is 26.8 Å². The van der Waals surface area contributed by atoms with E-state index in [1.807, 2.05) is 0 Å². The number of amides is 1. The van der Waals surface area contributed by atoms with E-state index in [2.05, 4.69) is 5.32 Å². The van der Waals surface area contributed by atoms with Gasteiger partial charge in [0.15, 0.2) is 0 Å². The fourth-order valence-electron chi connectivity index (χ4n) is 5.30. The van der Waals surface area contributed by atoms with Gasteiger partial charge < -0.3 is 16.2 Å². The Morgan fingerprint density at radius 3 is 2.17 bits per heavy atom. The molecule has 0 spiro atoms. The van der Waals surface area contributed by atoms with E-state index in [1.54, 1.807) is 19.1 Å². The zero-order chi connectivity index (χ0) is 29.7. The number of carbonyl (C=O) groups is 1. The second-order valence-corrected chi connectivity index (χ2v) is 12.2. The maximum absolute atomic E-state index is 13.8. The van der Waals surface area contributed by atoms with Crippen molar-refractivity contribution in [3.05, 3.63) is 59.2 Å². The summed E-state index contributed by atoms with van der Waals surface area (Å²) >= 11 is 0. The van der Waals surface area contributed by atoms with Crippen LogP contribution in [0, 0.1) is 6.92 Å². The molecule has 0 saturated heterocycles. The summed E-state index contributed by atoms with van der Waals surface area (Å²) in [6.07, 6.45) is -9.87. The van der Waals surface area contributed by atoms with Crippen molar-refractivity contribution in [3.63, 3.8) is 0 Å². The maximum Gasteiger partial charge on any atom is 0.430 e. The van der Waals surface area contributed by atoms with Crippen LogP contribution in [0.5, 0.6) is 0 Å². The van der Waals surface area contributed by atoms with Crippen LogP contribution >= 0.6 is 0 Å². The lowest BCUT2D eigenvalue weighted by Gasteiger charge is -2.39. The number of nitrogens with zero attached hydrogens (tertiary/aromatic N) is 1. The molecule has 14 heteroatoms. The van der Waals surface area contributed by atoms with Gasteiger partial charge in [-0.1, -0.05) is 42.7 Å². The van der Waals surface area contributed by atoms with Crippen LogP contribution in [0.2, 0.25) is 0 Å². The SMILES string of the molecule is Cc1ccc(S(=O)(=O)N2c3ccc(C(O)(C(F)(F)F)C(F)(F)F)cc3CCC2CNC(=O)C2(N)CCCC2)cc1. The maximum atomic E-state index is 13.8. The Morgan fingerprint density at radius 1 is 1.05 bits per heavy atom. The summed E-state index contributed by atoms with van der Waals surface area (Å²) in [6, 6.07) is 6.63. The predicted octanol–water partition coefficient (Wildman–Crippen LogP) is 4.21. The number of hydrogen-bond acceptors (Lipinski definition) is 5. The Morgan fingerprint density at radius 2 is 1.62 bits per heavy atom. The summed E-state index contributed by atoms with van der Waals surface area (Å²) in [4.78, 5) is 12.7. The average molecular weight is 594 g/mol. The van der Waals surface area contributed by atoms with Crippen molar-refractivity contribution < 1.29 is 44.7 Å². The normalized spacial score (nSPS) is 19.8. The number of aryl methyl sites for hydroxylation is 2. The van der Waals surface area contributed by atoms with Crippen molar-refractivity contribution in [2.75, 3.05) is 10.8 Å². The third-order valence-corrected chi connectivity index (χ3v) is 9.54. The van der Waals surface area contributed by atoms with Gasteiger partial charge in [0.1, 0.15) is 0 Å². The van der Waals surface area contributed by atoms with E-state index < -0.39 is 51.0 Å². The second kappa shape index (κ2) is 10.2. The molecule has 0 bridgehead atoms. The van der Waals surface area contributed by atoms with Gasteiger partial charge in [-0.25, -0.2) is 8.42 Å². The first-order valence-electron chi connectivity index (χ1n) is 12.6. The molecule has 0 radical (unpaired) electrons. The molecule has 2 aromatic carbocycles. The van der Waals surface area contributed by atoms with Crippen molar-refractivity contribution in [3.8, 4) is 0 Å². The van der Waals surface area contributed by atoms with Gasteiger partial charge in [0.2, 0.25) is 5.91 Å². The molecule has 1 heterocycles. The number of halogens is 6. The lowest BCUT2D eigenvalue weighted by molar-refractivity contribution is -0.376. The smallest absolute Gasteiger partial charge is 0.369 e. The van der Waals surface area contributed by atoms with E-state index in [0.717, 1.165) is 28.8 Å². The quantitative estimate of drug-likeness (QED) is 0.435. The number of nitrogens with two attached hydrogens (primary N) is 1. The van der Waals surface area contributed by atoms with Gasteiger partial charge in [-0.2, -0.15) is 26.3 Å². The van der Waals surface area contributed by atoms with Crippen LogP contribution in [0.4, 0.5) is 32.0 Å². The van der Waals surface area contributed by atoms with Gasteiger partial charge in [0.05, 0.1) is 22.2 Å². The Bertz CT molecular complexity index is 1360. The van der Waals surface area contributed by atoms with Crippen LogP contribution in [0.25, 0.3) is 0 Å². The average Bonchev–Trinajstić information content (AvgIpc) is 3.32. The van der Waals surface area contributed by atoms with E-state index >= 15 is 0 Å². The first kappa shape index (κ1) is 30.1. The number of alkyl halides is 6. The number of rotatable bonds is 6. The first-order chi connectivity index (χ1) is 18.4. The lowest BCUT2D eigenvalue weighted by Crippen LogP contribution is -2.56. The predicted molar refractivity (Wildman–Crippen MR) is 134 cm³/mol. The minimum atomic E-state index is -6.09. The van der Waals surface area contributed by atoms with Crippen molar-refractivity contribution in [1.82, 2.24) is 5.32 Å². The summed E-state index contributed by atoms with van der Waals surface area (Å²) in [5.41, 5.74) is -1.05. The van der Waals surface area contributed by atoms with Crippen LogP contribution < -0.4 is 15.4 Å². The van der Waals surface area contributed by atoms with E-state index in [9.17, 15) is 44.7 Å². The van der Waals surface area contributed by atoms with Gasteiger partial charge in [-0.15, -0.1) is 0 Å². The van der Waals surface area contributed by atoms with E-state index in [4.69, 9.17) is 5.73 Å². The molecule has 0 aromatic heterocycles. The molecule has 7 nitrogen and oxygen atoms in total. The summed E-state index contributed by atoms with van der Waals surface area (Å²) in [6.45, 7) is 1.56. The highest BCUT2D eigenvalue weighted by Gasteiger charge is 2.71. The van der Waals surface area contributed by atoms with Crippen molar-refractivity contribution in [2.24, 2.45) is 5.73 Å². The lowest BCUT2D eigenvalue weighted by atomic mass is 9.88. The Kier molecular flexibility index (Phi) is 7.69. The number of benzene rings is 2. The third-order valence-electron chi connectivity index (χ3n) is 7.66. The fraction of sp³-hybridized carbons (Fsp3) is 0.500. The highest BCUT2D eigenvalue weighted by atomic mass is 32.2. The molecule has 2 aromatic rings. The Balaban J connectivity index is 1.77. The van der Waals surface area contributed by atoms with Crippen LogP contribution in [0.1, 0.15) is 48.8 Å². The molecule has 1 atom stereocenters. The van der Waals surface area contributed by atoms with Gasteiger partial charge in [-0.3, -0.25) is 9.10 Å². The summed E-state index contributed by atoms with van der Waals surface area (Å²) in [5.74, 6) is -0.459. The monoisotopic (exact) mass is 593 g/mol. The van der Waals surface area contributed by atoms with E-state index in [0.29, 0.717) is 25.0 Å². The molecule has 220 valence electrons. The van der Waals surface area contributed by atoms with Crippen LogP contribution in [-0.4, -0.2) is 49.9 Å². The van der Waals surface area contributed by atoms with Crippen molar-refractivity contribution in [2.45, 2.75) is 79.9 Å². The molecule has 4 rings (SSSR count). The third kappa shape index (κ3) is 5.16. The molecule has 1 aliphatic carbocycles. The number of fused-ring (bicyclic) bond motifs is 1. The zero-order valence-corrected chi connectivity index (χ0v) is 22.3. The summed E-state index contributed by atoms with van der Waals surface area (Å²) in [5, 5.41) is 12.6. The minimum Gasteiger partial charge on any atom is -0.369 e. The number of nitrogens with one attached hydrogen (secondary N) is 1. The van der Waals surface area contributed by atoms with Gasteiger partial charge in [0, 0.05) is 12.1 Å². The molecule has 1 saturated carbocycles. The van der Waals surface area contributed by atoms with Gasteiger partial charge in [0.25, 0.3) is 15.6 Å². The number of hydrogen-bond donors (Lipinski definition) is 3. The number of anilines is 1. The van der Waals surface area contributed by atoms with Crippen molar-refractivity contribution >= 4 is 21.6 Å². The molecule has 1 aliphatic heterocycles. The zero-order valence-electron chi connectivity index (χ0n) is 21.4. The number of carbonyl (C=O) groups excluding carboxylic acids is 1. The molecular formula is C26H29F6N3O4S. The molecule has 1 fully saturated rings.